The predicted octanol–water partition coefficient (Wildman–Crippen LogP) is 5.36. The Labute approximate surface area is 243 Å². The van der Waals surface area contributed by atoms with E-state index in [2.05, 4.69) is 5.32 Å². The molecule has 7 nitrogen and oxygen atoms in total. The highest BCUT2D eigenvalue weighted by Gasteiger charge is 2.31. The van der Waals surface area contributed by atoms with Crippen molar-refractivity contribution in [3.63, 3.8) is 0 Å². The van der Waals surface area contributed by atoms with Crippen molar-refractivity contribution in [2.45, 2.75) is 58.7 Å². The van der Waals surface area contributed by atoms with Crippen LogP contribution in [0.2, 0.25) is 5.02 Å². The summed E-state index contributed by atoms with van der Waals surface area (Å²) in [5.74, 6) is -0.441. The van der Waals surface area contributed by atoms with Crippen molar-refractivity contribution in [1.29, 1.82) is 0 Å². The molecule has 0 aliphatic carbocycles. The highest BCUT2D eigenvalue weighted by atomic mass is 35.5. The van der Waals surface area contributed by atoms with Gasteiger partial charge in [-0.2, -0.15) is 0 Å². The summed E-state index contributed by atoms with van der Waals surface area (Å²) in [6.07, 6.45) is 1.85. The van der Waals surface area contributed by atoms with Crippen molar-refractivity contribution in [2.75, 3.05) is 17.1 Å². The molecule has 3 aromatic carbocycles. The summed E-state index contributed by atoms with van der Waals surface area (Å²) < 4.78 is 26.4. The van der Waals surface area contributed by atoms with Crippen LogP contribution in [0.5, 0.6) is 0 Å². The van der Waals surface area contributed by atoms with E-state index in [9.17, 15) is 18.0 Å². The summed E-state index contributed by atoms with van der Waals surface area (Å²) in [6.45, 7) is 6.15. The first-order valence-corrected chi connectivity index (χ1v) is 15.6. The molecule has 40 heavy (non-hydrogen) atoms. The van der Waals surface area contributed by atoms with Gasteiger partial charge in [0.1, 0.15) is 6.04 Å². The van der Waals surface area contributed by atoms with E-state index in [1.54, 1.807) is 29.2 Å². The van der Waals surface area contributed by atoms with Crippen LogP contribution in [-0.2, 0) is 32.6 Å². The Kier molecular flexibility index (Phi) is 11.2. The first-order chi connectivity index (χ1) is 18.9. The number of nitrogens with zero attached hydrogens (tertiary/aromatic N) is 2. The Balaban J connectivity index is 1.87. The number of hydrogen-bond acceptors (Lipinski definition) is 4. The lowest BCUT2D eigenvalue weighted by molar-refractivity contribution is -0.141. The van der Waals surface area contributed by atoms with Gasteiger partial charge in [0, 0.05) is 37.0 Å². The molecule has 2 amide bonds. The van der Waals surface area contributed by atoms with Crippen LogP contribution < -0.4 is 9.62 Å². The Bertz CT molecular complexity index is 1360. The molecular formula is C31H38ClN3O4S. The number of amides is 2. The topological polar surface area (TPSA) is 86.8 Å². The molecule has 0 fully saturated rings. The monoisotopic (exact) mass is 583 g/mol. The minimum atomic E-state index is -3.58. The summed E-state index contributed by atoms with van der Waals surface area (Å²) in [5, 5.41) is 3.49. The van der Waals surface area contributed by atoms with Crippen LogP contribution in [0.4, 0.5) is 5.69 Å². The van der Waals surface area contributed by atoms with Gasteiger partial charge in [-0.3, -0.25) is 13.9 Å². The molecule has 0 aliphatic heterocycles. The number of anilines is 1. The van der Waals surface area contributed by atoms with Gasteiger partial charge in [-0.05, 0) is 62.6 Å². The number of carbonyl (C=O) groups excluding carboxylic acids is 2. The van der Waals surface area contributed by atoms with Gasteiger partial charge in [0.05, 0.1) is 11.9 Å². The van der Waals surface area contributed by atoms with Crippen molar-refractivity contribution in [3.05, 3.63) is 101 Å². The van der Waals surface area contributed by atoms with E-state index >= 15 is 0 Å². The van der Waals surface area contributed by atoms with E-state index < -0.39 is 16.1 Å². The number of benzene rings is 3. The molecule has 0 bridgehead atoms. The Morgan fingerprint density at radius 1 is 0.900 bits per heavy atom. The van der Waals surface area contributed by atoms with E-state index in [1.807, 2.05) is 75.4 Å². The summed E-state index contributed by atoms with van der Waals surface area (Å²) in [5.41, 5.74) is 3.43. The normalized spacial score (nSPS) is 12.2. The van der Waals surface area contributed by atoms with E-state index in [4.69, 9.17) is 11.6 Å². The van der Waals surface area contributed by atoms with Crippen molar-refractivity contribution in [2.24, 2.45) is 0 Å². The first kappa shape index (κ1) is 31.2. The minimum Gasteiger partial charge on any atom is -0.352 e. The Morgan fingerprint density at radius 3 is 2.10 bits per heavy atom. The van der Waals surface area contributed by atoms with Crippen LogP contribution in [0.1, 0.15) is 43.4 Å². The average Bonchev–Trinajstić information content (AvgIpc) is 2.90. The number of sulfonamides is 1. The number of halogens is 1. The molecular weight excluding hydrogens is 546 g/mol. The third-order valence-electron chi connectivity index (χ3n) is 6.44. The van der Waals surface area contributed by atoms with Gasteiger partial charge in [-0.1, -0.05) is 71.8 Å². The zero-order valence-electron chi connectivity index (χ0n) is 23.5. The fraction of sp³-hybridized carbons (Fsp3) is 0.355. The summed E-state index contributed by atoms with van der Waals surface area (Å²) in [6, 6.07) is 23.2. The van der Waals surface area contributed by atoms with Crippen molar-refractivity contribution in [1.82, 2.24) is 10.2 Å². The molecule has 1 N–H and O–H groups in total. The van der Waals surface area contributed by atoms with E-state index in [0.717, 1.165) is 22.9 Å². The molecule has 0 spiro atoms. The number of carbonyl (C=O) groups is 2. The molecule has 0 aliphatic rings. The van der Waals surface area contributed by atoms with E-state index in [1.165, 1.54) is 4.31 Å². The lowest BCUT2D eigenvalue weighted by atomic mass is 10.0. The van der Waals surface area contributed by atoms with Crippen LogP contribution in [0.3, 0.4) is 0 Å². The third kappa shape index (κ3) is 9.38. The van der Waals surface area contributed by atoms with Crippen LogP contribution in [0, 0.1) is 6.92 Å². The molecule has 3 rings (SSSR count). The average molecular weight is 584 g/mol. The van der Waals surface area contributed by atoms with Crippen LogP contribution >= 0.6 is 11.6 Å². The summed E-state index contributed by atoms with van der Waals surface area (Å²) >= 11 is 5.98. The standard InChI is InChI=1S/C31H38ClN3O4S/c1-23(2)33-31(37)29(21-25-9-6-5-7-10-25)34(22-26-14-12-24(3)13-15-26)30(36)11-8-20-35(40(4,38)39)28-18-16-27(32)17-19-28/h5-7,9-10,12-19,23,29H,8,11,20-22H2,1-4H3,(H,33,37)/t29-/m0/s1. The number of hydrogen-bond donors (Lipinski definition) is 1. The second-order valence-electron chi connectivity index (χ2n) is 10.3. The van der Waals surface area contributed by atoms with Gasteiger partial charge in [0.2, 0.25) is 21.8 Å². The maximum atomic E-state index is 13.8. The SMILES string of the molecule is Cc1ccc(CN(C(=O)CCCN(c2ccc(Cl)cc2)S(C)(=O)=O)[C@@H](Cc2ccccc2)C(=O)NC(C)C)cc1. The molecule has 9 heteroatoms. The van der Waals surface area contributed by atoms with Crippen molar-refractivity contribution >= 4 is 39.1 Å². The van der Waals surface area contributed by atoms with Crippen molar-refractivity contribution in [3.8, 4) is 0 Å². The highest BCUT2D eigenvalue weighted by Crippen LogP contribution is 2.22. The fourth-order valence-corrected chi connectivity index (χ4v) is 5.53. The van der Waals surface area contributed by atoms with Crippen LogP contribution in [0.25, 0.3) is 0 Å². The van der Waals surface area contributed by atoms with Gasteiger partial charge in [0.15, 0.2) is 0 Å². The molecule has 0 unspecified atom stereocenters. The van der Waals surface area contributed by atoms with Gasteiger partial charge in [-0.15, -0.1) is 0 Å². The number of nitrogens with one attached hydrogen (secondary N) is 1. The third-order valence-corrected chi connectivity index (χ3v) is 7.89. The molecule has 0 radical (unpaired) electrons. The smallest absolute Gasteiger partial charge is 0.243 e. The van der Waals surface area contributed by atoms with Crippen molar-refractivity contribution < 1.29 is 18.0 Å². The lowest BCUT2D eigenvalue weighted by Gasteiger charge is -2.32. The second-order valence-corrected chi connectivity index (χ2v) is 12.6. The maximum Gasteiger partial charge on any atom is 0.243 e. The fourth-order valence-electron chi connectivity index (χ4n) is 4.44. The molecule has 0 heterocycles. The number of aryl methyl sites for hydroxylation is 1. The second kappa shape index (κ2) is 14.3. The zero-order valence-corrected chi connectivity index (χ0v) is 25.1. The minimum absolute atomic E-state index is 0.0751. The van der Waals surface area contributed by atoms with E-state index in [0.29, 0.717) is 17.1 Å². The van der Waals surface area contributed by atoms with Gasteiger partial charge in [0.25, 0.3) is 0 Å². The van der Waals surface area contributed by atoms with Gasteiger partial charge >= 0.3 is 0 Å². The Morgan fingerprint density at radius 2 is 1.52 bits per heavy atom. The zero-order chi connectivity index (χ0) is 29.3. The maximum absolute atomic E-state index is 13.8. The summed E-state index contributed by atoms with van der Waals surface area (Å²) in [4.78, 5) is 28.9. The molecule has 0 saturated carbocycles. The molecule has 0 saturated heterocycles. The quantitative estimate of drug-likeness (QED) is 0.293. The molecule has 3 aromatic rings. The lowest BCUT2D eigenvalue weighted by Crippen LogP contribution is -2.51. The van der Waals surface area contributed by atoms with Crippen LogP contribution in [-0.4, -0.2) is 50.0 Å². The molecule has 1 atom stereocenters. The van der Waals surface area contributed by atoms with Gasteiger partial charge in [-0.25, -0.2) is 8.42 Å². The number of rotatable bonds is 13. The summed E-state index contributed by atoms with van der Waals surface area (Å²) in [7, 11) is -3.58. The molecule has 214 valence electrons. The first-order valence-electron chi connectivity index (χ1n) is 13.4. The van der Waals surface area contributed by atoms with Gasteiger partial charge < -0.3 is 10.2 Å². The Hall–Kier alpha value is -3.36. The predicted molar refractivity (Wildman–Crippen MR) is 162 cm³/mol. The van der Waals surface area contributed by atoms with E-state index in [-0.39, 0.29) is 43.8 Å². The largest absolute Gasteiger partial charge is 0.352 e. The highest BCUT2D eigenvalue weighted by molar-refractivity contribution is 7.92. The van der Waals surface area contributed by atoms with Crippen LogP contribution in [0.15, 0.2) is 78.9 Å². The molecule has 0 aromatic heterocycles.